The van der Waals surface area contributed by atoms with Gasteiger partial charge in [-0.1, -0.05) is 0 Å². The number of carbonyl (C=O) groups is 1. The molecule has 1 heterocycles. The number of nitrogens with zero attached hydrogens (tertiary/aromatic N) is 2. The first kappa shape index (κ1) is 12.5. The Labute approximate surface area is 104 Å². The van der Waals surface area contributed by atoms with Gasteiger partial charge in [0.15, 0.2) is 0 Å². The van der Waals surface area contributed by atoms with E-state index in [-0.39, 0.29) is 18.3 Å². The zero-order valence-corrected chi connectivity index (χ0v) is 10.1. The van der Waals surface area contributed by atoms with Crippen molar-refractivity contribution in [3.8, 4) is 0 Å². The van der Waals surface area contributed by atoms with Crippen LogP contribution in [-0.2, 0) is 18.3 Å². The molecule has 1 amide bonds. The van der Waals surface area contributed by atoms with Crippen LogP contribution in [0.25, 0.3) is 11.0 Å². The van der Waals surface area contributed by atoms with Gasteiger partial charge in [-0.3, -0.25) is 4.79 Å². The highest BCUT2D eigenvalue weighted by atomic mass is 19.1. The highest BCUT2D eigenvalue weighted by Crippen LogP contribution is 2.16. The first-order valence-electron chi connectivity index (χ1n) is 5.69. The number of benzene rings is 1. The van der Waals surface area contributed by atoms with Crippen molar-refractivity contribution in [1.29, 1.82) is 0 Å². The van der Waals surface area contributed by atoms with Crippen LogP contribution in [-0.4, -0.2) is 28.5 Å². The SMILES string of the molecule is Cn1c(CCNC(=O)CN)nc2cc(F)ccc21. The van der Waals surface area contributed by atoms with Gasteiger partial charge in [0, 0.05) is 26.1 Å². The molecule has 0 saturated carbocycles. The second kappa shape index (κ2) is 5.14. The Morgan fingerprint density at radius 2 is 2.33 bits per heavy atom. The maximum absolute atomic E-state index is 13.1. The van der Waals surface area contributed by atoms with Crippen LogP contribution in [0.2, 0.25) is 0 Å². The van der Waals surface area contributed by atoms with E-state index in [0.29, 0.717) is 18.5 Å². The zero-order chi connectivity index (χ0) is 13.1. The van der Waals surface area contributed by atoms with Crippen molar-refractivity contribution >= 4 is 16.9 Å². The molecule has 3 N–H and O–H groups in total. The van der Waals surface area contributed by atoms with Gasteiger partial charge in [0.25, 0.3) is 0 Å². The molecule has 2 rings (SSSR count). The van der Waals surface area contributed by atoms with E-state index in [1.807, 2.05) is 11.6 Å². The Balaban J connectivity index is 2.14. The standard InChI is InChI=1S/C12H15FN4O/c1-17-10-3-2-8(13)6-9(10)16-11(17)4-5-15-12(18)7-14/h2-3,6H,4-5,7,14H2,1H3,(H,15,18). The summed E-state index contributed by atoms with van der Waals surface area (Å²) in [6, 6.07) is 4.50. The summed E-state index contributed by atoms with van der Waals surface area (Å²) in [4.78, 5) is 15.3. The molecule has 1 aromatic heterocycles. The quantitative estimate of drug-likeness (QED) is 0.821. The first-order chi connectivity index (χ1) is 8.61. The lowest BCUT2D eigenvalue weighted by molar-refractivity contribution is -0.119. The van der Waals surface area contributed by atoms with Crippen molar-refractivity contribution in [2.75, 3.05) is 13.1 Å². The normalized spacial score (nSPS) is 10.8. The summed E-state index contributed by atoms with van der Waals surface area (Å²) in [6.45, 7) is 0.448. The van der Waals surface area contributed by atoms with Crippen LogP contribution < -0.4 is 11.1 Å². The van der Waals surface area contributed by atoms with E-state index in [4.69, 9.17) is 5.73 Å². The fraction of sp³-hybridized carbons (Fsp3) is 0.333. The predicted octanol–water partition coefficient (Wildman–Crippen LogP) is 0.330. The third-order valence-corrected chi connectivity index (χ3v) is 2.79. The van der Waals surface area contributed by atoms with E-state index >= 15 is 0 Å². The van der Waals surface area contributed by atoms with Gasteiger partial charge in [-0.25, -0.2) is 9.37 Å². The number of aromatic nitrogens is 2. The summed E-state index contributed by atoms with van der Waals surface area (Å²) < 4.78 is 15.0. The smallest absolute Gasteiger partial charge is 0.233 e. The highest BCUT2D eigenvalue weighted by molar-refractivity contribution is 5.78. The molecule has 2 aromatic rings. The second-order valence-electron chi connectivity index (χ2n) is 4.02. The fourth-order valence-electron chi connectivity index (χ4n) is 1.83. The molecule has 0 aliphatic rings. The van der Waals surface area contributed by atoms with Crippen molar-refractivity contribution in [2.45, 2.75) is 6.42 Å². The number of carbonyl (C=O) groups excluding carboxylic acids is 1. The molecular formula is C12H15FN4O. The number of hydrogen-bond donors (Lipinski definition) is 2. The van der Waals surface area contributed by atoms with E-state index in [0.717, 1.165) is 11.3 Å². The van der Waals surface area contributed by atoms with Crippen molar-refractivity contribution in [2.24, 2.45) is 12.8 Å². The molecule has 6 heteroatoms. The van der Waals surface area contributed by atoms with Crippen LogP contribution in [0.1, 0.15) is 5.82 Å². The topological polar surface area (TPSA) is 72.9 Å². The predicted molar refractivity (Wildman–Crippen MR) is 66.4 cm³/mol. The summed E-state index contributed by atoms with van der Waals surface area (Å²) in [5.74, 6) is 0.302. The second-order valence-corrected chi connectivity index (χ2v) is 4.02. The van der Waals surface area contributed by atoms with Gasteiger partial charge < -0.3 is 15.6 Å². The summed E-state index contributed by atoms with van der Waals surface area (Å²) >= 11 is 0. The minimum Gasteiger partial charge on any atom is -0.355 e. The largest absolute Gasteiger partial charge is 0.355 e. The molecule has 96 valence electrons. The molecule has 0 unspecified atom stereocenters. The lowest BCUT2D eigenvalue weighted by atomic mass is 10.3. The Kier molecular flexibility index (Phi) is 3.57. The van der Waals surface area contributed by atoms with Gasteiger partial charge in [0.05, 0.1) is 17.6 Å². The molecule has 0 radical (unpaired) electrons. The van der Waals surface area contributed by atoms with Crippen LogP contribution in [0.4, 0.5) is 4.39 Å². The lowest BCUT2D eigenvalue weighted by Crippen LogP contribution is -2.32. The van der Waals surface area contributed by atoms with Gasteiger partial charge in [0.1, 0.15) is 11.6 Å². The number of imidazole rings is 1. The third kappa shape index (κ3) is 2.48. The maximum atomic E-state index is 13.1. The minimum absolute atomic E-state index is 0.0201. The molecule has 0 saturated heterocycles. The lowest BCUT2D eigenvalue weighted by Gasteiger charge is -2.03. The summed E-state index contributed by atoms with van der Waals surface area (Å²) in [5, 5.41) is 2.67. The minimum atomic E-state index is -0.302. The molecule has 0 bridgehead atoms. The summed E-state index contributed by atoms with van der Waals surface area (Å²) in [5.41, 5.74) is 6.68. The molecule has 0 fully saturated rings. The number of hydrogen-bond acceptors (Lipinski definition) is 3. The number of fused-ring (bicyclic) bond motifs is 1. The zero-order valence-electron chi connectivity index (χ0n) is 10.1. The highest BCUT2D eigenvalue weighted by Gasteiger charge is 2.08. The number of nitrogens with two attached hydrogens (primary N) is 1. The van der Waals surface area contributed by atoms with Crippen LogP contribution >= 0.6 is 0 Å². The Hall–Kier alpha value is -1.95. The molecular weight excluding hydrogens is 235 g/mol. The van der Waals surface area contributed by atoms with Gasteiger partial charge in [-0.05, 0) is 12.1 Å². The van der Waals surface area contributed by atoms with Crippen molar-refractivity contribution in [3.63, 3.8) is 0 Å². The number of halogens is 1. The van der Waals surface area contributed by atoms with Gasteiger partial charge in [-0.2, -0.15) is 0 Å². The average Bonchev–Trinajstić information content (AvgIpc) is 2.65. The average molecular weight is 250 g/mol. The van der Waals surface area contributed by atoms with Gasteiger partial charge in [0.2, 0.25) is 5.91 Å². The Bertz CT molecular complexity index is 579. The van der Waals surface area contributed by atoms with E-state index in [9.17, 15) is 9.18 Å². The van der Waals surface area contributed by atoms with E-state index < -0.39 is 0 Å². The number of rotatable bonds is 4. The molecule has 5 nitrogen and oxygen atoms in total. The molecule has 18 heavy (non-hydrogen) atoms. The number of nitrogens with one attached hydrogen (secondary N) is 1. The van der Waals surface area contributed by atoms with Crippen molar-refractivity contribution in [1.82, 2.24) is 14.9 Å². The number of amides is 1. The molecule has 0 aliphatic carbocycles. The number of aryl methyl sites for hydroxylation is 1. The van der Waals surface area contributed by atoms with E-state index in [1.54, 1.807) is 6.07 Å². The fourth-order valence-corrected chi connectivity index (χ4v) is 1.83. The van der Waals surface area contributed by atoms with Crippen LogP contribution in [0, 0.1) is 5.82 Å². The van der Waals surface area contributed by atoms with Crippen LogP contribution in [0.15, 0.2) is 18.2 Å². The molecule has 0 atom stereocenters. The van der Waals surface area contributed by atoms with E-state index in [2.05, 4.69) is 10.3 Å². The van der Waals surface area contributed by atoms with Gasteiger partial charge >= 0.3 is 0 Å². The molecule has 0 aliphatic heterocycles. The Morgan fingerprint density at radius 1 is 1.56 bits per heavy atom. The first-order valence-corrected chi connectivity index (χ1v) is 5.69. The molecule has 1 aromatic carbocycles. The Morgan fingerprint density at radius 3 is 3.06 bits per heavy atom. The maximum Gasteiger partial charge on any atom is 0.233 e. The third-order valence-electron chi connectivity index (χ3n) is 2.79. The molecule has 0 spiro atoms. The summed E-state index contributed by atoms with van der Waals surface area (Å²) in [7, 11) is 1.87. The monoisotopic (exact) mass is 250 g/mol. The summed E-state index contributed by atoms with van der Waals surface area (Å²) in [6.07, 6.45) is 0.582. The van der Waals surface area contributed by atoms with Crippen molar-refractivity contribution in [3.05, 3.63) is 29.8 Å². The van der Waals surface area contributed by atoms with Gasteiger partial charge in [-0.15, -0.1) is 0 Å². The van der Waals surface area contributed by atoms with Crippen LogP contribution in [0.5, 0.6) is 0 Å². The van der Waals surface area contributed by atoms with Crippen molar-refractivity contribution < 1.29 is 9.18 Å². The van der Waals surface area contributed by atoms with E-state index in [1.165, 1.54) is 12.1 Å². The van der Waals surface area contributed by atoms with Crippen LogP contribution in [0.3, 0.4) is 0 Å².